The first-order chi connectivity index (χ1) is 37.0. The highest BCUT2D eigenvalue weighted by molar-refractivity contribution is 5.98. The minimum atomic E-state index is -1.04. The second kappa shape index (κ2) is 25.3. The van der Waals surface area contributed by atoms with Gasteiger partial charge in [-0.2, -0.15) is 0 Å². The third kappa shape index (κ3) is 13.9. The van der Waals surface area contributed by atoms with Gasteiger partial charge in [0.15, 0.2) is 0 Å². The second-order valence-electron chi connectivity index (χ2n) is 16.8. The second-order valence-corrected chi connectivity index (χ2v) is 16.8. The average molecular weight is 1010 g/mol. The summed E-state index contributed by atoms with van der Waals surface area (Å²) in [5, 5.41) is 5.51. The molecule has 2 amide bonds. The van der Waals surface area contributed by atoms with E-state index in [1.54, 1.807) is 194 Å². The average Bonchev–Trinajstić information content (AvgIpc) is 3.47. The van der Waals surface area contributed by atoms with E-state index in [-0.39, 0.29) is 24.3 Å². The number of rotatable bonds is 15. The number of hydrogen-bond donors (Lipinski definition) is 2. The molecule has 2 atom stereocenters. The molecule has 14 nitrogen and oxygen atoms in total. The molecule has 0 radical (unpaired) electrons. The number of hydrogen-bond acceptors (Lipinski definition) is 12. The summed E-state index contributed by atoms with van der Waals surface area (Å²) >= 11 is 0. The first-order valence-corrected chi connectivity index (χ1v) is 23.7. The number of methoxy groups -OCH3 is 2. The maximum Gasteiger partial charge on any atom is 0.343 e. The van der Waals surface area contributed by atoms with Crippen molar-refractivity contribution in [1.29, 1.82) is 0 Å². The molecule has 76 heavy (non-hydrogen) atoms. The standard InChI is InChI=1S/C62H46N4O10/c1-73-61(71)53(65-57(67)45-15-7-3-8-16-45)37-43-27-33-55(75-59(69)47-19-11-5-12-20-47)49(35-43)29-23-41-25-31-51(63-39-41)52-32-26-42(40-64-52)24-30-50-36-44(28-34-56(50)76-60(70)48-21-13-6-14-22-48)38-54(62(72)74-2)66-58(68)46-17-9-4-10-18-46/h3-22,25-28,31-36,39-40,53-54H,37-38H2,1-2H3,(H,65,67)(H,66,68)/t53-,54-/m0/s1. The van der Waals surface area contributed by atoms with Gasteiger partial charge in [-0.25, -0.2) is 19.2 Å². The molecular formula is C62H46N4O10. The highest BCUT2D eigenvalue weighted by Gasteiger charge is 2.25. The van der Waals surface area contributed by atoms with Crippen molar-refractivity contribution in [2.75, 3.05) is 14.2 Å². The van der Waals surface area contributed by atoms with E-state index >= 15 is 0 Å². The SMILES string of the molecule is COC(=O)[C@H](Cc1ccc(OC(=O)c2ccccc2)c(C#Cc2ccc(-c3ccc(C#Cc4cc(C[C@H](NC(=O)c5ccccc5)C(=O)OC)ccc4OC(=O)c4ccccc4)cn3)nc2)c1)NC(=O)c1ccccc1. The lowest BCUT2D eigenvalue weighted by Crippen LogP contribution is -2.43. The highest BCUT2D eigenvalue weighted by atomic mass is 16.5. The van der Waals surface area contributed by atoms with Crippen LogP contribution in [0.1, 0.15) is 74.8 Å². The summed E-state index contributed by atoms with van der Waals surface area (Å²) < 4.78 is 21.7. The summed E-state index contributed by atoms with van der Waals surface area (Å²) in [4.78, 5) is 87.4. The van der Waals surface area contributed by atoms with Crippen LogP contribution in [0, 0.1) is 23.7 Å². The normalized spacial score (nSPS) is 11.1. The Morgan fingerprint density at radius 3 is 1.12 bits per heavy atom. The van der Waals surface area contributed by atoms with Crippen molar-refractivity contribution >= 4 is 35.7 Å². The van der Waals surface area contributed by atoms with Crippen LogP contribution in [0.5, 0.6) is 11.5 Å². The number of pyridine rings is 2. The van der Waals surface area contributed by atoms with E-state index in [9.17, 15) is 28.8 Å². The van der Waals surface area contributed by atoms with E-state index in [1.807, 2.05) is 0 Å². The number of benzene rings is 6. The summed E-state index contributed by atoms with van der Waals surface area (Å²) in [6, 6.07) is 48.9. The van der Waals surface area contributed by atoms with Crippen molar-refractivity contribution in [2.24, 2.45) is 0 Å². The third-order valence-corrected chi connectivity index (χ3v) is 11.5. The minimum absolute atomic E-state index is 0.0512. The summed E-state index contributed by atoms with van der Waals surface area (Å²) in [6.45, 7) is 0. The van der Waals surface area contributed by atoms with Gasteiger partial charge >= 0.3 is 23.9 Å². The lowest BCUT2D eigenvalue weighted by atomic mass is 10.0. The van der Waals surface area contributed by atoms with Gasteiger partial charge in [-0.15, -0.1) is 0 Å². The summed E-state index contributed by atoms with van der Waals surface area (Å²) in [6.07, 6.45) is 3.25. The Labute approximate surface area is 438 Å². The topological polar surface area (TPSA) is 189 Å². The number of aromatic nitrogens is 2. The zero-order valence-electron chi connectivity index (χ0n) is 41.0. The molecule has 2 N–H and O–H groups in total. The van der Waals surface area contributed by atoms with Crippen LogP contribution in [-0.2, 0) is 31.9 Å². The molecular weight excluding hydrogens is 961 g/mol. The van der Waals surface area contributed by atoms with Crippen molar-refractivity contribution in [3.8, 4) is 46.6 Å². The lowest BCUT2D eigenvalue weighted by molar-refractivity contribution is -0.143. The zero-order chi connectivity index (χ0) is 53.2. The van der Waals surface area contributed by atoms with Crippen molar-refractivity contribution < 1.29 is 47.7 Å². The number of nitrogens with one attached hydrogen (secondary N) is 2. The molecule has 14 heteroatoms. The molecule has 2 aromatic heterocycles. The minimum Gasteiger partial charge on any atom is -0.467 e. The van der Waals surface area contributed by atoms with Gasteiger partial charge in [0.05, 0.1) is 47.9 Å². The number of carbonyl (C=O) groups is 6. The third-order valence-electron chi connectivity index (χ3n) is 11.5. The molecule has 0 aliphatic carbocycles. The van der Waals surface area contributed by atoms with Gasteiger partial charge < -0.3 is 29.6 Å². The molecule has 0 unspecified atom stereocenters. The molecule has 374 valence electrons. The molecule has 8 rings (SSSR count). The smallest absolute Gasteiger partial charge is 0.343 e. The molecule has 0 fully saturated rings. The number of ether oxygens (including phenoxy) is 4. The Balaban J connectivity index is 1.01. The molecule has 0 aliphatic heterocycles. The molecule has 0 saturated carbocycles. The van der Waals surface area contributed by atoms with Gasteiger partial charge in [0.25, 0.3) is 11.8 Å². The summed E-state index contributed by atoms with van der Waals surface area (Å²) in [5.41, 5.74) is 5.47. The molecule has 6 aromatic carbocycles. The van der Waals surface area contributed by atoms with E-state index in [0.29, 0.717) is 67.0 Å². The summed E-state index contributed by atoms with van der Waals surface area (Å²) in [5.74, 6) is 9.36. The number of esters is 4. The number of carbonyl (C=O) groups excluding carboxylic acids is 6. The Morgan fingerprint density at radius 2 is 0.789 bits per heavy atom. The van der Waals surface area contributed by atoms with E-state index in [4.69, 9.17) is 18.9 Å². The van der Waals surface area contributed by atoms with E-state index < -0.39 is 47.8 Å². The van der Waals surface area contributed by atoms with Gasteiger partial charge in [-0.05, 0) is 108 Å². The van der Waals surface area contributed by atoms with Gasteiger partial charge in [0.1, 0.15) is 23.6 Å². The van der Waals surface area contributed by atoms with Gasteiger partial charge in [-0.1, -0.05) is 109 Å². The Kier molecular flexibility index (Phi) is 17.3. The van der Waals surface area contributed by atoms with Crippen LogP contribution in [0.3, 0.4) is 0 Å². The number of nitrogens with zero attached hydrogens (tertiary/aromatic N) is 2. The highest BCUT2D eigenvalue weighted by Crippen LogP contribution is 2.25. The van der Waals surface area contributed by atoms with E-state index in [1.165, 1.54) is 14.2 Å². The molecule has 0 aliphatic rings. The number of amides is 2. The van der Waals surface area contributed by atoms with Crippen LogP contribution < -0.4 is 20.1 Å². The van der Waals surface area contributed by atoms with Crippen LogP contribution in [0.2, 0.25) is 0 Å². The maximum atomic E-state index is 13.2. The monoisotopic (exact) mass is 1010 g/mol. The molecule has 8 aromatic rings. The molecule has 0 spiro atoms. The molecule has 2 heterocycles. The van der Waals surface area contributed by atoms with E-state index in [0.717, 1.165) is 0 Å². The predicted molar refractivity (Wildman–Crippen MR) is 282 cm³/mol. The van der Waals surface area contributed by atoms with Crippen molar-refractivity contribution in [1.82, 2.24) is 20.6 Å². The first-order valence-electron chi connectivity index (χ1n) is 23.7. The van der Waals surface area contributed by atoms with Gasteiger partial charge in [0.2, 0.25) is 0 Å². The fourth-order valence-corrected chi connectivity index (χ4v) is 7.57. The Morgan fingerprint density at radius 1 is 0.434 bits per heavy atom. The quantitative estimate of drug-likeness (QED) is 0.0568. The van der Waals surface area contributed by atoms with E-state index in [2.05, 4.69) is 44.3 Å². The maximum absolute atomic E-state index is 13.2. The Bertz CT molecular complexity index is 3280. The summed E-state index contributed by atoms with van der Waals surface area (Å²) in [7, 11) is 2.48. The fourth-order valence-electron chi connectivity index (χ4n) is 7.57. The Hall–Kier alpha value is -10.4. The fraction of sp³-hybridized carbons (Fsp3) is 0.0968. The zero-order valence-corrected chi connectivity index (χ0v) is 41.0. The van der Waals surface area contributed by atoms with Crippen LogP contribution in [0.15, 0.2) is 194 Å². The van der Waals surface area contributed by atoms with Crippen molar-refractivity contribution in [2.45, 2.75) is 24.9 Å². The predicted octanol–water partition coefficient (Wildman–Crippen LogP) is 8.41. The lowest BCUT2D eigenvalue weighted by Gasteiger charge is -2.17. The largest absolute Gasteiger partial charge is 0.467 e. The van der Waals surface area contributed by atoms with Crippen LogP contribution in [0.4, 0.5) is 0 Å². The van der Waals surface area contributed by atoms with Crippen molar-refractivity contribution in [3.05, 3.63) is 250 Å². The van der Waals surface area contributed by atoms with Gasteiger partial charge in [0, 0.05) is 47.5 Å². The van der Waals surface area contributed by atoms with Crippen molar-refractivity contribution in [3.63, 3.8) is 0 Å². The van der Waals surface area contributed by atoms with Crippen LogP contribution >= 0.6 is 0 Å². The molecule has 0 saturated heterocycles. The van der Waals surface area contributed by atoms with Gasteiger partial charge in [-0.3, -0.25) is 19.6 Å². The van der Waals surface area contributed by atoms with Crippen LogP contribution in [-0.4, -0.2) is 72.0 Å². The van der Waals surface area contributed by atoms with Crippen LogP contribution in [0.25, 0.3) is 11.4 Å². The first kappa shape index (κ1) is 51.9. The molecule has 0 bridgehead atoms.